The normalized spacial score (nSPS) is 28.7. The van der Waals surface area contributed by atoms with Crippen LogP contribution in [0.1, 0.15) is 64.7 Å². The van der Waals surface area contributed by atoms with Crippen molar-refractivity contribution in [2.24, 2.45) is 11.8 Å². The standard InChI is InChI=1S/C21H35N3O3/c1-16(25)23-14-10-17(11-15-23)20(26)24-13-6-4-3-5-12-22(2)21(27)18-8-7-9-19(18)24/h17-19H,3-15H2,1-2H3/t18-,19+/m1/s1. The van der Waals surface area contributed by atoms with E-state index in [1.165, 1.54) is 0 Å². The van der Waals surface area contributed by atoms with Crippen molar-refractivity contribution in [3.05, 3.63) is 0 Å². The quantitative estimate of drug-likeness (QED) is 0.704. The Morgan fingerprint density at radius 2 is 1.52 bits per heavy atom. The Bertz CT molecular complexity index is 557. The Morgan fingerprint density at radius 1 is 0.852 bits per heavy atom. The first-order chi connectivity index (χ1) is 13.0. The number of carbonyl (C=O) groups is 3. The number of carbonyl (C=O) groups excluding carboxylic acids is 3. The summed E-state index contributed by atoms with van der Waals surface area (Å²) in [5, 5.41) is 0. The summed E-state index contributed by atoms with van der Waals surface area (Å²) in [6.45, 7) is 4.56. The maximum atomic E-state index is 13.4. The molecule has 152 valence electrons. The molecule has 0 radical (unpaired) electrons. The Balaban J connectivity index is 1.73. The first-order valence-corrected chi connectivity index (χ1v) is 10.8. The fourth-order valence-corrected chi connectivity index (χ4v) is 5.09. The number of likely N-dealkylation sites (tertiary alicyclic amines) is 1. The molecular formula is C21H35N3O3. The lowest BCUT2D eigenvalue weighted by molar-refractivity contribution is -0.145. The van der Waals surface area contributed by atoms with Gasteiger partial charge in [-0.25, -0.2) is 0 Å². The zero-order chi connectivity index (χ0) is 19.4. The molecule has 27 heavy (non-hydrogen) atoms. The van der Waals surface area contributed by atoms with Crippen LogP contribution in [-0.4, -0.2) is 71.7 Å². The molecule has 2 heterocycles. The van der Waals surface area contributed by atoms with E-state index in [1.54, 1.807) is 6.92 Å². The molecule has 3 aliphatic rings. The molecule has 1 saturated carbocycles. The van der Waals surface area contributed by atoms with Gasteiger partial charge in [-0.1, -0.05) is 19.3 Å². The fourth-order valence-electron chi connectivity index (χ4n) is 5.09. The fraction of sp³-hybridized carbons (Fsp3) is 0.857. The van der Waals surface area contributed by atoms with E-state index in [0.29, 0.717) is 13.1 Å². The minimum Gasteiger partial charge on any atom is -0.345 e. The molecule has 0 aromatic heterocycles. The van der Waals surface area contributed by atoms with Crippen molar-refractivity contribution >= 4 is 17.7 Å². The van der Waals surface area contributed by atoms with Crippen LogP contribution < -0.4 is 0 Å². The van der Waals surface area contributed by atoms with Gasteiger partial charge in [-0.05, 0) is 38.5 Å². The molecule has 2 atom stereocenters. The second-order valence-electron chi connectivity index (χ2n) is 8.59. The smallest absolute Gasteiger partial charge is 0.227 e. The van der Waals surface area contributed by atoms with E-state index >= 15 is 0 Å². The highest BCUT2D eigenvalue weighted by molar-refractivity contribution is 5.83. The Kier molecular flexibility index (Phi) is 6.77. The van der Waals surface area contributed by atoms with Gasteiger partial charge >= 0.3 is 0 Å². The van der Waals surface area contributed by atoms with Crippen LogP contribution in [0.4, 0.5) is 0 Å². The van der Waals surface area contributed by atoms with E-state index in [-0.39, 0.29) is 35.6 Å². The summed E-state index contributed by atoms with van der Waals surface area (Å²) in [7, 11) is 1.92. The summed E-state index contributed by atoms with van der Waals surface area (Å²) in [6.07, 6.45) is 8.69. The molecule has 2 aliphatic heterocycles. The average Bonchev–Trinajstić information content (AvgIpc) is 3.14. The van der Waals surface area contributed by atoms with Crippen LogP contribution >= 0.6 is 0 Å². The topological polar surface area (TPSA) is 60.9 Å². The number of rotatable bonds is 1. The number of nitrogens with zero attached hydrogens (tertiary/aromatic N) is 3. The lowest BCUT2D eigenvalue weighted by Gasteiger charge is -2.38. The van der Waals surface area contributed by atoms with Crippen molar-refractivity contribution in [2.45, 2.75) is 70.8 Å². The van der Waals surface area contributed by atoms with Gasteiger partial charge in [-0.3, -0.25) is 14.4 Å². The molecule has 0 spiro atoms. The maximum absolute atomic E-state index is 13.4. The van der Waals surface area contributed by atoms with Gasteiger partial charge in [-0.15, -0.1) is 0 Å². The van der Waals surface area contributed by atoms with Crippen molar-refractivity contribution in [1.29, 1.82) is 0 Å². The van der Waals surface area contributed by atoms with Gasteiger partial charge in [0.25, 0.3) is 0 Å². The van der Waals surface area contributed by atoms with Crippen LogP contribution in [0.5, 0.6) is 0 Å². The number of fused-ring (bicyclic) bond motifs is 1. The van der Waals surface area contributed by atoms with Crippen molar-refractivity contribution < 1.29 is 14.4 Å². The van der Waals surface area contributed by atoms with Gasteiger partial charge in [0.2, 0.25) is 17.7 Å². The molecule has 0 unspecified atom stereocenters. The number of hydrogen-bond donors (Lipinski definition) is 0. The largest absolute Gasteiger partial charge is 0.345 e. The van der Waals surface area contributed by atoms with Gasteiger partial charge in [0.1, 0.15) is 0 Å². The number of amides is 3. The van der Waals surface area contributed by atoms with Crippen LogP contribution in [0, 0.1) is 11.8 Å². The summed E-state index contributed by atoms with van der Waals surface area (Å²) in [6, 6.07) is 0.0661. The summed E-state index contributed by atoms with van der Waals surface area (Å²) < 4.78 is 0. The molecule has 3 amide bonds. The molecular weight excluding hydrogens is 342 g/mol. The maximum Gasteiger partial charge on any atom is 0.227 e. The van der Waals surface area contributed by atoms with Gasteiger partial charge in [0.15, 0.2) is 0 Å². The monoisotopic (exact) mass is 377 g/mol. The van der Waals surface area contributed by atoms with Crippen LogP contribution in [-0.2, 0) is 14.4 Å². The molecule has 6 nitrogen and oxygen atoms in total. The SMILES string of the molecule is CC(=O)N1CCC(C(=O)N2CCCCCCN(C)C(=O)[C@@H]3CCC[C@@H]32)CC1. The minimum absolute atomic E-state index is 0.000176. The highest BCUT2D eigenvalue weighted by Gasteiger charge is 2.41. The van der Waals surface area contributed by atoms with Gasteiger partial charge in [-0.2, -0.15) is 0 Å². The Hall–Kier alpha value is -1.59. The number of hydrogen-bond acceptors (Lipinski definition) is 3. The predicted molar refractivity (Wildman–Crippen MR) is 104 cm³/mol. The third-order valence-electron chi connectivity index (χ3n) is 6.79. The molecule has 0 aromatic rings. The summed E-state index contributed by atoms with van der Waals surface area (Å²) in [5.74, 6) is 0.517. The molecule has 2 saturated heterocycles. The van der Waals surface area contributed by atoms with Crippen molar-refractivity contribution in [3.63, 3.8) is 0 Å². The molecule has 6 heteroatoms. The lowest BCUT2D eigenvalue weighted by atomic mass is 9.92. The van der Waals surface area contributed by atoms with Gasteiger partial charge in [0, 0.05) is 52.1 Å². The molecule has 1 aliphatic carbocycles. The van der Waals surface area contributed by atoms with Crippen LogP contribution in [0.15, 0.2) is 0 Å². The minimum atomic E-state index is -0.0330. The Labute approximate surface area is 163 Å². The van der Waals surface area contributed by atoms with E-state index < -0.39 is 0 Å². The zero-order valence-corrected chi connectivity index (χ0v) is 17.0. The van der Waals surface area contributed by atoms with Crippen molar-refractivity contribution in [1.82, 2.24) is 14.7 Å². The van der Waals surface area contributed by atoms with E-state index in [1.807, 2.05) is 16.8 Å². The summed E-state index contributed by atoms with van der Waals surface area (Å²) >= 11 is 0. The number of piperidine rings is 1. The highest BCUT2D eigenvalue weighted by Crippen LogP contribution is 2.34. The van der Waals surface area contributed by atoms with Crippen LogP contribution in [0.3, 0.4) is 0 Å². The van der Waals surface area contributed by atoms with E-state index in [2.05, 4.69) is 4.90 Å². The average molecular weight is 378 g/mol. The van der Waals surface area contributed by atoms with Crippen LogP contribution in [0.2, 0.25) is 0 Å². The first-order valence-electron chi connectivity index (χ1n) is 10.8. The predicted octanol–water partition coefficient (Wildman–Crippen LogP) is 2.27. The zero-order valence-electron chi connectivity index (χ0n) is 17.0. The third kappa shape index (κ3) is 4.64. The third-order valence-corrected chi connectivity index (χ3v) is 6.79. The second kappa shape index (κ2) is 9.07. The van der Waals surface area contributed by atoms with Gasteiger partial charge < -0.3 is 14.7 Å². The molecule has 0 N–H and O–H groups in total. The Morgan fingerprint density at radius 3 is 2.19 bits per heavy atom. The van der Waals surface area contributed by atoms with Gasteiger partial charge in [0.05, 0.1) is 5.92 Å². The van der Waals surface area contributed by atoms with E-state index in [0.717, 1.165) is 70.9 Å². The van der Waals surface area contributed by atoms with E-state index in [9.17, 15) is 14.4 Å². The summed E-state index contributed by atoms with van der Waals surface area (Å²) in [4.78, 5) is 43.7. The van der Waals surface area contributed by atoms with E-state index in [4.69, 9.17) is 0 Å². The molecule has 0 aromatic carbocycles. The first kappa shape index (κ1) is 20.2. The molecule has 0 bridgehead atoms. The summed E-state index contributed by atoms with van der Waals surface area (Å²) in [5.41, 5.74) is 0. The molecule has 3 fully saturated rings. The lowest BCUT2D eigenvalue weighted by Crippen LogP contribution is -2.51. The molecule has 3 rings (SSSR count). The second-order valence-corrected chi connectivity index (χ2v) is 8.59. The van der Waals surface area contributed by atoms with Crippen molar-refractivity contribution in [2.75, 3.05) is 33.2 Å². The van der Waals surface area contributed by atoms with Crippen molar-refractivity contribution in [3.8, 4) is 0 Å². The highest BCUT2D eigenvalue weighted by atomic mass is 16.2. The van der Waals surface area contributed by atoms with Crippen LogP contribution in [0.25, 0.3) is 0 Å².